The standard InChI is InChI=1S/C20H18N2O6/c1-11-17(18(22-20(25)21-11)13-3-5-14(23)6-4-13)19(24)26-9-12-2-7-15-16(8-12)28-10-27-15/h2-8,18,23H,9-10H2,1H3,(H2,21,22,25). The third-order valence-corrected chi connectivity index (χ3v) is 4.52. The molecule has 1 unspecified atom stereocenters. The van der Waals surface area contributed by atoms with Crippen LogP contribution < -0.4 is 20.1 Å². The van der Waals surface area contributed by atoms with Gasteiger partial charge in [-0.3, -0.25) is 0 Å². The van der Waals surface area contributed by atoms with Gasteiger partial charge in [0.05, 0.1) is 11.6 Å². The van der Waals surface area contributed by atoms with Crippen molar-refractivity contribution in [2.24, 2.45) is 0 Å². The summed E-state index contributed by atoms with van der Waals surface area (Å²) in [6, 6.07) is 10.5. The number of urea groups is 1. The number of nitrogens with one attached hydrogen (secondary N) is 2. The lowest BCUT2D eigenvalue weighted by Gasteiger charge is -2.28. The summed E-state index contributed by atoms with van der Waals surface area (Å²) in [5, 5.41) is 14.8. The van der Waals surface area contributed by atoms with Gasteiger partial charge in [0.25, 0.3) is 0 Å². The Balaban J connectivity index is 1.54. The molecule has 2 aliphatic heterocycles. The molecule has 2 aromatic rings. The van der Waals surface area contributed by atoms with Crippen LogP contribution >= 0.6 is 0 Å². The van der Waals surface area contributed by atoms with Crippen molar-refractivity contribution < 1.29 is 28.9 Å². The monoisotopic (exact) mass is 382 g/mol. The number of rotatable bonds is 4. The zero-order valence-electron chi connectivity index (χ0n) is 15.0. The Morgan fingerprint density at radius 1 is 1.18 bits per heavy atom. The van der Waals surface area contributed by atoms with E-state index in [4.69, 9.17) is 14.2 Å². The minimum atomic E-state index is -0.682. The van der Waals surface area contributed by atoms with E-state index in [1.54, 1.807) is 37.3 Å². The van der Waals surface area contributed by atoms with Crippen molar-refractivity contribution in [3.63, 3.8) is 0 Å². The first-order chi connectivity index (χ1) is 13.5. The zero-order chi connectivity index (χ0) is 19.7. The molecule has 0 saturated heterocycles. The molecule has 3 N–H and O–H groups in total. The number of phenolic OH excluding ortho intramolecular Hbond substituents is 1. The highest BCUT2D eigenvalue weighted by Crippen LogP contribution is 2.33. The van der Waals surface area contributed by atoms with E-state index in [2.05, 4.69) is 10.6 Å². The van der Waals surface area contributed by atoms with E-state index in [-0.39, 0.29) is 19.1 Å². The molecule has 0 bridgehead atoms. The minimum absolute atomic E-state index is 0.0441. The molecule has 0 saturated carbocycles. The average molecular weight is 382 g/mol. The quantitative estimate of drug-likeness (QED) is 0.702. The molecule has 144 valence electrons. The molecule has 2 aromatic carbocycles. The Labute approximate surface area is 160 Å². The third-order valence-electron chi connectivity index (χ3n) is 4.52. The fourth-order valence-electron chi connectivity index (χ4n) is 3.14. The SMILES string of the molecule is CC1=C(C(=O)OCc2ccc3c(c2)OCO3)C(c2ccc(O)cc2)NC(=O)N1. The number of carbonyl (C=O) groups is 2. The van der Waals surface area contributed by atoms with E-state index in [9.17, 15) is 14.7 Å². The van der Waals surface area contributed by atoms with Gasteiger partial charge in [-0.15, -0.1) is 0 Å². The van der Waals surface area contributed by atoms with Crippen molar-refractivity contribution in [1.29, 1.82) is 0 Å². The molecule has 1 atom stereocenters. The number of ether oxygens (including phenoxy) is 3. The van der Waals surface area contributed by atoms with Crippen LogP contribution in [0.5, 0.6) is 17.2 Å². The largest absolute Gasteiger partial charge is 0.508 e. The van der Waals surface area contributed by atoms with Crippen molar-refractivity contribution in [1.82, 2.24) is 10.6 Å². The van der Waals surface area contributed by atoms with Crippen molar-refractivity contribution in [2.45, 2.75) is 19.6 Å². The summed E-state index contributed by atoms with van der Waals surface area (Å²) < 4.78 is 16.1. The summed E-state index contributed by atoms with van der Waals surface area (Å²) in [5.74, 6) is 0.801. The lowest BCUT2D eigenvalue weighted by atomic mass is 9.95. The molecular weight excluding hydrogens is 364 g/mol. The predicted molar refractivity (Wildman–Crippen MR) is 97.6 cm³/mol. The Morgan fingerprint density at radius 2 is 1.93 bits per heavy atom. The molecule has 4 rings (SSSR count). The number of allylic oxidation sites excluding steroid dienone is 1. The van der Waals surface area contributed by atoms with Crippen molar-refractivity contribution in [3.05, 3.63) is 64.9 Å². The Hall–Kier alpha value is -3.68. The number of benzene rings is 2. The van der Waals surface area contributed by atoms with Gasteiger partial charge in [-0.2, -0.15) is 0 Å². The van der Waals surface area contributed by atoms with Crippen LogP contribution in [0.1, 0.15) is 24.1 Å². The molecule has 0 radical (unpaired) electrons. The highest BCUT2D eigenvalue weighted by Gasteiger charge is 2.32. The smallest absolute Gasteiger partial charge is 0.338 e. The third kappa shape index (κ3) is 3.44. The van der Waals surface area contributed by atoms with Gasteiger partial charge < -0.3 is 30.0 Å². The van der Waals surface area contributed by atoms with E-state index in [0.29, 0.717) is 28.3 Å². The summed E-state index contributed by atoms with van der Waals surface area (Å²) in [6.07, 6.45) is 0. The number of hydrogen-bond donors (Lipinski definition) is 3. The molecule has 28 heavy (non-hydrogen) atoms. The van der Waals surface area contributed by atoms with E-state index < -0.39 is 18.0 Å². The lowest BCUT2D eigenvalue weighted by molar-refractivity contribution is -0.140. The fourth-order valence-corrected chi connectivity index (χ4v) is 3.14. The van der Waals surface area contributed by atoms with Gasteiger partial charge in [0, 0.05) is 5.70 Å². The summed E-state index contributed by atoms with van der Waals surface area (Å²) in [5.41, 5.74) is 2.12. The summed E-state index contributed by atoms with van der Waals surface area (Å²) >= 11 is 0. The van der Waals surface area contributed by atoms with Gasteiger partial charge in [0.1, 0.15) is 12.4 Å². The number of aromatic hydroxyl groups is 1. The normalized spacial score (nSPS) is 17.8. The maximum Gasteiger partial charge on any atom is 0.338 e. The van der Waals surface area contributed by atoms with Gasteiger partial charge >= 0.3 is 12.0 Å². The minimum Gasteiger partial charge on any atom is -0.508 e. The second kappa shape index (κ2) is 7.15. The molecule has 0 fully saturated rings. The van der Waals surface area contributed by atoms with E-state index in [0.717, 1.165) is 5.56 Å². The van der Waals surface area contributed by atoms with Crippen LogP contribution in [0.15, 0.2) is 53.7 Å². The number of esters is 1. The van der Waals surface area contributed by atoms with Crippen LogP contribution in [-0.2, 0) is 16.1 Å². The molecule has 2 amide bonds. The van der Waals surface area contributed by atoms with Crippen LogP contribution in [0.3, 0.4) is 0 Å². The number of hydrogen-bond acceptors (Lipinski definition) is 6. The fraction of sp³-hybridized carbons (Fsp3) is 0.200. The topological polar surface area (TPSA) is 106 Å². The number of carbonyl (C=O) groups excluding carboxylic acids is 2. The van der Waals surface area contributed by atoms with Crippen LogP contribution in [0.4, 0.5) is 4.79 Å². The number of amides is 2. The molecule has 8 nitrogen and oxygen atoms in total. The first-order valence-corrected chi connectivity index (χ1v) is 8.64. The number of phenols is 1. The lowest BCUT2D eigenvalue weighted by Crippen LogP contribution is -2.45. The maximum absolute atomic E-state index is 12.8. The summed E-state index contributed by atoms with van der Waals surface area (Å²) in [6.45, 7) is 1.86. The second-order valence-electron chi connectivity index (χ2n) is 6.43. The molecule has 0 aliphatic carbocycles. The van der Waals surface area contributed by atoms with Crippen LogP contribution in [0.2, 0.25) is 0 Å². The molecular formula is C20H18N2O6. The van der Waals surface area contributed by atoms with Gasteiger partial charge in [-0.25, -0.2) is 9.59 Å². The highest BCUT2D eigenvalue weighted by atomic mass is 16.7. The van der Waals surface area contributed by atoms with E-state index in [1.165, 1.54) is 12.1 Å². The Morgan fingerprint density at radius 3 is 2.71 bits per heavy atom. The molecule has 2 heterocycles. The predicted octanol–water partition coefficient (Wildman–Crippen LogP) is 2.49. The molecule has 8 heteroatoms. The Bertz CT molecular complexity index is 967. The van der Waals surface area contributed by atoms with E-state index in [1.807, 2.05) is 0 Å². The molecule has 2 aliphatic rings. The Kier molecular flexibility index (Phi) is 4.52. The van der Waals surface area contributed by atoms with Gasteiger partial charge in [0.15, 0.2) is 11.5 Å². The van der Waals surface area contributed by atoms with Crippen molar-refractivity contribution in [3.8, 4) is 17.2 Å². The van der Waals surface area contributed by atoms with Gasteiger partial charge in [-0.1, -0.05) is 18.2 Å². The van der Waals surface area contributed by atoms with Crippen molar-refractivity contribution >= 4 is 12.0 Å². The molecule has 0 aromatic heterocycles. The van der Waals surface area contributed by atoms with E-state index >= 15 is 0 Å². The average Bonchev–Trinajstić information content (AvgIpc) is 3.14. The summed E-state index contributed by atoms with van der Waals surface area (Å²) in [4.78, 5) is 24.7. The van der Waals surface area contributed by atoms with Gasteiger partial charge in [-0.05, 0) is 42.3 Å². The molecule has 0 spiro atoms. The maximum atomic E-state index is 12.8. The summed E-state index contributed by atoms with van der Waals surface area (Å²) in [7, 11) is 0. The van der Waals surface area contributed by atoms with Crippen LogP contribution in [-0.4, -0.2) is 23.9 Å². The second-order valence-corrected chi connectivity index (χ2v) is 6.43. The van der Waals surface area contributed by atoms with Crippen LogP contribution in [0, 0.1) is 0 Å². The van der Waals surface area contributed by atoms with Crippen molar-refractivity contribution in [2.75, 3.05) is 6.79 Å². The first-order valence-electron chi connectivity index (χ1n) is 8.64. The first kappa shape index (κ1) is 17.7. The van der Waals surface area contributed by atoms with Crippen LogP contribution in [0.25, 0.3) is 0 Å². The number of fused-ring (bicyclic) bond motifs is 1. The van der Waals surface area contributed by atoms with Gasteiger partial charge in [0.2, 0.25) is 6.79 Å². The highest BCUT2D eigenvalue weighted by molar-refractivity contribution is 5.95. The zero-order valence-corrected chi connectivity index (χ0v) is 15.0.